The Balaban J connectivity index is 3.26. The highest BCUT2D eigenvalue weighted by molar-refractivity contribution is 6.39. The molecule has 0 fully saturated rings. The summed E-state index contributed by atoms with van der Waals surface area (Å²) in [6.45, 7) is 0. The molecule has 0 saturated heterocycles. The van der Waals surface area contributed by atoms with E-state index in [-0.39, 0.29) is 20.6 Å². The summed E-state index contributed by atoms with van der Waals surface area (Å²) in [4.78, 5) is 0. The van der Waals surface area contributed by atoms with Gasteiger partial charge >= 0.3 is 6.18 Å². The van der Waals surface area contributed by atoms with Gasteiger partial charge < -0.3 is 5.73 Å². The predicted molar refractivity (Wildman–Crippen MR) is 54.5 cm³/mol. The molecule has 0 aliphatic carbocycles. The fourth-order valence-electron chi connectivity index (χ4n) is 1.01. The summed E-state index contributed by atoms with van der Waals surface area (Å²) in [6.07, 6.45) is -4.60. The molecular weight excluding hydrogens is 273 g/mol. The summed E-state index contributed by atoms with van der Waals surface area (Å²) in [7, 11) is 0. The van der Waals surface area contributed by atoms with Crippen molar-refractivity contribution in [3.63, 3.8) is 0 Å². The van der Waals surface area contributed by atoms with Crippen LogP contribution in [-0.2, 0) is 0 Å². The normalized spacial score (nSPS) is 14.1. The zero-order chi connectivity index (χ0) is 11.8. The minimum Gasteiger partial charge on any atom is -0.316 e. The molecule has 15 heavy (non-hydrogen) atoms. The lowest BCUT2D eigenvalue weighted by atomic mass is 10.1. The van der Waals surface area contributed by atoms with Crippen molar-refractivity contribution in [3.05, 3.63) is 32.8 Å². The van der Waals surface area contributed by atoms with Gasteiger partial charge in [-0.15, -0.1) is 0 Å². The minimum atomic E-state index is -4.60. The van der Waals surface area contributed by atoms with E-state index in [1.807, 2.05) is 0 Å². The van der Waals surface area contributed by atoms with Gasteiger partial charge in [0.2, 0.25) is 0 Å². The van der Waals surface area contributed by atoms with Gasteiger partial charge in [-0.2, -0.15) is 13.2 Å². The molecule has 1 aromatic carbocycles. The monoisotopic (exact) mass is 277 g/mol. The molecule has 0 aliphatic heterocycles. The van der Waals surface area contributed by atoms with Crippen molar-refractivity contribution in [3.8, 4) is 0 Å². The molecule has 1 unspecified atom stereocenters. The lowest BCUT2D eigenvalue weighted by molar-refractivity contribution is -0.149. The first-order chi connectivity index (χ1) is 6.73. The molecule has 0 spiro atoms. The summed E-state index contributed by atoms with van der Waals surface area (Å²) in [6, 6.07) is 0.112. The maximum Gasteiger partial charge on any atom is 0.407 e. The summed E-state index contributed by atoms with van der Waals surface area (Å²) >= 11 is 16.7. The van der Waals surface area contributed by atoms with E-state index in [2.05, 4.69) is 0 Å². The molecule has 1 atom stereocenters. The van der Waals surface area contributed by atoms with Gasteiger partial charge in [0.15, 0.2) is 0 Å². The Kier molecular flexibility index (Phi) is 3.76. The first kappa shape index (κ1) is 12.9. The van der Waals surface area contributed by atoms with Crippen LogP contribution in [0.4, 0.5) is 13.2 Å². The van der Waals surface area contributed by atoms with E-state index in [1.54, 1.807) is 0 Å². The van der Waals surface area contributed by atoms with Crippen LogP contribution in [-0.4, -0.2) is 6.18 Å². The largest absolute Gasteiger partial charge is 0.407 e. The number of alkyl halides is 3. The number of hydrogen-bond donors (Lipinski definition) is 1. The van der Waals surface area contributed by atoms with E-state index < -0.39 is 12.2 Å². The van der Waals surface area contributed by atoms with Crippen LogP contribution in [0.25, 0.3) is 0 Å². The average molecular weight is 278 g/mol. The molecule has 7 heteroatoms. The lowest BCUT2D eigenvalue weighted by Gasteiger charge is -2.18. The van der Waals surface area contributed by atoms with Gasteiger partial charge in [0, 0.05) is 20.6 Å². The van der Waals surface area contributed by atoms with Crippen molar-refractivity contribution in [2.45, 2.75) is 12.2 Å². The fraction of sp³-hybridized carbons (Fsp3) is 0.250. The standard InChI is InChI=1S/C8H5Cl3F3N/c9-3-1-4(10)6(5(11)2-3)7(15)8(12,13)14/h1-2,7H,15H2. The third kappa shape index (κ3) is 2.91. The SMILES string of the molecule is NC(c1c(Cl)cc(Cl)cc1Cl)C(F)(F)F. The lowest BCUT2D eigenvalue weighted by Crippen LogP contribution is -2.29. The van der Waals surface area contributed by atoms with E-state index in [9.17, 15) is 13.2 Å². The van der Waals surface area contributed by atoms with E-state index in [0.717, 1.165) is 12.1 Å². The first-order valence-electron chi connectivity index (χ1n) is 3.70. The Labute approximate surface area is 98.9 Å². The predicted octanol–water partition coefficient (Wildman–Crippen LogP) is 4.21. The Bertz CT molecular complexity index is 355. The maximum atomic E-state index is 12.3. The summed E-state index contributed by atoms with van der Waals surface area (Å²) in [5.41, 5.74) is 4.62. The van der Waals surface area contributed by atoms with Gasteiger partial charge in [-0.3, -0.25) is 0 Å². The van der Waals surface area contributed by atoms with E-state index in [4.69, 9.17) is 40.5 Å². The van der Waals surface area contributed by atoms with Crippen LogP contribution >= 0.6 is 34.8 Å². The quantitative estimate of drug-likeness (QED) is 0.818. The fourth-order valence-corrected chi connectivity index (χ4v) is 2.07. The molecule has 0 bridgehead atoms. The third-order valence-corrected chi connectivity index (χ3v) is 2.55. The highest BCUT2D eigenvalue weighted by Gasteiger charge is 2.40. The van der Waals surface area contributed by atoms with Crippen LogP contribution in [0.1, 0.15) is 11.6 Å². The Morgan fingerprint density at radius 2 is 1.47 bits per heavy atom. The molecule has 1 rings (SSSR count). The Morgan fingerprint density at radius 1 is 1.07 bits per heavy atom. The molecule has 0 saturated carbocycles. The van der Waals surface area contributed by atoms with Crippen molar-refractivity contribution in [2.24, 2.45) is 5.73 Å². The van der Waals surface area contributed by atoms with Crippen LogP contribution in [0, 0.1) is 0 Å². The number of benzene rings is 1. The topological polar surface area (TPSA) is 26.0 Å². The van der Waals surface area contributed by atoms with Crippen LogP contribution in [0.15, 0.2) is 12.1 Å². The maximum absolute atomic E-state index is 12.3. The molecule has 0 radical (unpaired) electrons. The smallest absolute Gasteiger partial charge is 0.316 e. The number of halogens is 6. The molecule has 84 valence electrons. The first-order valence-corrected chi connectivity index (χ1v) is 4.83. The number of hydrogen-bond acceptors (Lipinski definition) is 1. The number of nitrogens with two attached hydrogens (primary N) is 1. The molecule has 0 heterocycles. The van der Waals surface area contributed by atoms with E-state index >= 15 is 0 Å². The van der Waals surface area contributed by atoms with Crippen molar-refractivity contribution >= 4 is 34.8 Å². The summed E-state index contributed by atoms with van der Waals surface area (Å²) < 4.78 is 37.0. The zero-order valence-electron chi connectivity index (χ0n) is 7.08. The van der Waals surface area contributed by atoms with Crippen LogP contribution in [0.5, 0.6) is 0 Å². The van der Waals surface area contributed by atoms with Crippen molar-refractivity contribution in [1.82, 2.24) is 0 Å². The van der Waals surface area contributed by atoms with E-state index in [1.165, 1.54) is 0 Å². The molecule has 0 amide bonds. The van der Waals surface area contributed by atoms with Gasteiger partial charge in [0.05, 0.1) is 0 Å². The molecule has 0 aromatic heterocycles. The zero-order valence-corrected chi connectivity index (χ0v) is 9.34. The average Bonchev–Trinajstić information content (AvgIpc) is 1.99. The minimum absolute atomic E-state index is 0.156. The molecule has 2 N–H and O–H groups in total. The van der Waals surface area contributed by atoms with E-state index in [0.29, 0.717) is 0 Å². The van der Waals surface area contributed by atoms with Gasteiger partial charge in [-0.1, -0.05) is 34.8 Å². The molecular formula is C8H5Cl3F3N. The third-order valence-electron chi connectivity index (χ3n) is 1.71. The molecule has 1 aromatic rings. The highest BCUT2D eigenvalue weighted by atomic mass is 35.5. The molecule has 1 nitrogen and oxygen atoms in total. The highest BCUT2D eigenvalue weighted by Crippen LogP contribution is 2.39. The van der Waals surface area contributed by atoms with Gasteiger partial charge in [-0.25, -0.2) is 0 Å². The number of rotatable bonds is 1. The van der Waals surface area contributed by atoms with Crippen molar-refractivity contribution < 1.29 is 13.2 Å². The van der Waals surface area contributed by atoms with Gasteiger partial charge in [0.25, 0.3) is 0 Å². The Hall–Kier alpha value is -0.160. The summed E-state index contributed by atoms with van der Waals surface area (Å²) in [5.74, 6) is 0. The van der Waals surface area contributed by atoms with Crippen LogP contribution in [0.3, 0.4) is 0 Å². The Morgan fingerprint density at radius 3 is 1.80 bits per heavy atom. The van der Waals surface area contributed by atoms with Gasteiger partial charge in [-0.05, 0) is 12.1 Å². The van der Waals surface area contributed by atoms with Crippen molar-refractivity contribution in [2.75, 3.05) is 0 Å². The van der Waals surface area contributed by atoms with Gasteiger partial charge in [0.1, 0.15) is 6.04 Å². The second-order valence-electron chi connectivity index (χ2n) is 2.80. The van der Waals surface area contributed by atoms with Crippen molar-refractivity contribution in [1.29, 1.82) is 0 Å². The van der Waals surface area contributed by atoms with Crippen LogP contribution < -0.4 is 5.73 Å². The summed E-state index contributed by atoms with van der Waals surface area (Å²) in [5, 5.41) is -0.238. The van der Waals surface area contributed by atoms with Crippen LogP contribution in [0.2, 0.25) is 15.1 Å². The molecule has 0 aliphatic rings. The second-order valence-corrected chi connectivity index (χ2v) is 4.05. The second kappa shape index (κ2) is 4.37.